The summed E-state index contributed by atoms with van der Waals surface area (Å²) in [6.07, 6.45) is 0. The Balaban J connectivity index is 1.60. The van der Waals surface area contributed by atoms with Crippen molar-refractivity contribution in [1.82, 2.24) is 4.57 Å². The van der Waals surface area contributed by atoms with E-state index in [1.165, 1.54) is 15.9 Å². The first-order chi connectivity index (χ1) is 19.4. The van der Waals surface area contributed by atoms with Crippen molar-refractivity contribution in [3.05, 3.63) is 121 Å². The van der Waals surface area contributed by atoms with Gasteiger partial charge in [0, 0.05) is 17.8 Å². The molecule has 3 aromatic carbocycles. The Morgan fingerprint density at radius 1 is 1.02 bits per heavy atom. The number of amides is 2. The number of benzene rings is 3. The molecule has 0 saturated heterocycles. The van der Waals surface area contributed by atoms with Crippen LogP contribution in [0.15, 0.2) is 99.9 Å². The van der Waals surface area contributed by atoms with Crippen LogP contribution in [0.25, 0.3) is 5.57 Å². The Bertz CT molecular complexity index is 1890. The summed E-state index contributed by atoms with van der Waals surface area (Å²) in [5.74, 6) is 0.0146. The van der Waals surface area contributed by atoms with Crippen molar-refractivity contribution in [1.29, 1.82) is 0 Å². The zero-order valence-corrected chi connectivity index (χ0v) is 23.0. The average Bonchev–Trinajstić information content (AvgIpc) is 3.44. The van der Waals surface area contributed by atoms with Crippen LogP contribution in [-0.4, -0.2) is 30.0 Å². The number of hydrogen-bond donors (Lipinski definition) is 1. The van der Waals surface area contributed by atoms with Gasteiger partial charge >= 0.3 is 0 Å². The van der Waals surface area contributed by atoms with Gasteiger partial charge in [-0.25, -0.2) is 4.99 Å². The molecule has 1 N–H and O–H groups in total. The number of fused-ring (bicyclic) bond motifs is 2. The van der Waals surface area contributed by atoms with Crippen LogP contribution < -0.4 is 29.8 Å². The molecular formula is C31H26N4O4S. The number of likely N-dealkylation sites (N-methyl/N-ethyl adjacent to an activating group) is 1. The van der Waals surface area contributed by atoms with E-state index in [-0.39, 0.29) is 17.4 Å². The molecule has 3 heterocycles. The molecule has 0 saturated carbocycles. The standard InChI is InChI=1S/C31H26N4O4S/c1-4-34-23-16-9-8-15-22(23)25(29(34)37)27-30(38)35-26(19-11-10-14-21(17-19)39-3)24(18(2)32-31(35)40-27)28(36)33-20-12-6-5-7-13-20/h5-17,26H,4H2,1-3H3,(H,33,36)/b27-25+/t26-/m0/s1. The van der Waals surface area contributed by atoms with E-state index in [1.54, 1.807) is 31.1 Å². The number of methoxy groups -OCH3 is 1. The third kappa shape index (κ3) is 4.06. The fraction of sp³-hybridized carbons (Fsp3) is 0.161. The summed E-state index contributed by atoms with van der Waals surface area (Å²) in [5, 5.41) is 2.95. The summed E-state index contributed by atoms with van der Waals surface area (Å²) in [7, 11) is 1.57. The first-order valence-electron chi connectivity index (χ1n) is 12.9. The molecule has 8 nitrogen and oxygen atoms in total. The number of rotatable bonds is 5. The third-order valence-electron chi connectivity index (χ3n) is 7.15. The fourth-order valence-electron chi connectivity index (χ4n) is 5.32. The molecule has 200 valence electrons. The summed E-state index contributed by atoms with van der Waals surface area (Å²) in [6, 6.07) is 23.1. The molecular weight excluding hydrogens is 524 g/mol. The van der Waals surface area contributed by atoms with E-state index in [9.17, 15) is 14.4 Å². The van der Waals surface area contributed by atoms with Gasteiger partial charge in [0.2, 0.25) is 0 Å². The van der Waals surface area contributed by atoms with Crippen LogP contribution in [0, 0.1) is 0 Å². The van der Waals surface area contributed by atoms with E-state index < -0.39 is 6.04 Å². The maximum absolute atomic E-state index is 14.3. The summed E-state index contributed by atoms with van der Waals surface area (Å²) in [6.45, 7) is 4.15. The Morgan fingerprint density at radius 3 is 2.52 bits per heavy atom. The first kappa shape index (κ1) is 25.5. The normalized spacial score (nSPS) is 17.3. The molecule has 1 aromatic heterocycles. The van der Waals surface area contributed by atoms with Crippen molar-refractivity contribution in [2.45, 2.75) is 19.9 Å². The SMILES string of the molecule is CCN1C(=O)/C(=c2/sc3n(c2=O)[C@@H](c2cccc(OC)c2)C(C(=O)Nc2ccccc2)=C(C)N=3)c2ccccc21. The number of thiazole rings is 1. The maximum Gasteiger partial charge on any atom is 0.271 e. The predicted octanol–water partition coefficient (Wildman–Crippen LogP) is 3.62. The van der Waals surface area contributed by atoms with Crippen molar-refractivity contribution in [3.8, 4) is 5.75 Å². The van der Waals surface area contributed by atoms with E-state index in [4.69, 9.17) is 9.73 Å². The lowest BCUT2D eigenvalue weighted by Gasteiger charge is -2.25. The van der Waals surface area contributed by atoms with Gasteiger partial charge in [-0.3, -0.25) is 19.0 Å². The molecule has 2 aliphatic rings. The third-order valence-corrected chi connectivity index (χ3v) is 8.20. The van der Waals surface area contributed by atoms with E-state index in [0.29, 0.717) is 49.7 Å². The Hall–Kier alpha value is -4.76. The van der Waals surface area contributed by atoms with Gasteiger partial charge < -0.3 is 15.0 Å². The summed E-state index contributed by atoms with van der Waals surface area (Å²) < 4.78 is 7.30. The minimum absolute atomic E-state index is 0.218. The molecule has 0 fully saturated rings. The number of nitrogens with zero attached hydrogens (tertiary/aromatic N) is 3. The number of anilines is 2. The smallest absolute Gasteiger partial charge is 0.271 e. The van der Waals surface area contributed by atoms with Crippen LogP contribution in [0.5, 0.6) is 5.75 Å². The van der Waals surface area contributed by atoms with Crippen molar-refractivity contribution in [3.63, 3.8) is 0 Å². The van der Waals surface area contributed by atoms with E-state index >= 15 is 0 Å². The molecule has 40 heavy (non-hydrogen) atoms. The average molecular weight is 551 g/mol. The van der Waals surface area contributed by atoms with E-state index in [1.807, 2.05) is 73.7 Å². The summed E-state index contributed by atoms with van der Waals surface area (Å²) >= 11 is 1.17. The van der Waals surface area contributed by atoms with Crippen LogP contribution in [0.1, 0.15) is 31.0 Å². The monoisotopic (exact) mass is 550 g/mol. The molecule has 0 unspecified atom stereocenters. The van der Waals surface area contributed by atoms with Crippen molar-refractivity contribution in [2.75, 3.05) is 23.9 Å². The number of para-hydroxylation sites is 2. The largest absolute Gasteiger partial charge is 0.497 e. The number of allylic oxidation sites excluding steroid dienone is 1. The van der Waals surface area contributed by atoms with Crippen molar-refractivity contribution >= 4 is 40.1 Å². The lowest BCUT2D eigenvalue weighted by Crippen LogP contribution is -2.41. The molecule has 9 heteroatoms. The minimum atomic E-state index is -0.779. The van der Waals surface area contributed by atoms with Gasteiger partial charge in [-0.1, -0.05) is 59.9 Å². The van der Waals surface area contributed by atoms with Gasteiger partial charge in [-0.05, 0) is 49.7 Å². The quantitative estimate of drug-likeness (QED) is 0.411. The summed E-state index contributed by atoms with van der Waals surface area (Å²) in [4.78, 5) is 48.4. The van der Waals surface area contributed by atoms with Gasteiger partial charge in [-0.2, -0.15) is 0 Å². The Kier molecular flexibility index (Phi) is 6.43. The van der Waals surface area contributed by atoms with Crippen LogP contribution in [0.4, 0.5) is 11.4 Å². The second kappa shape index (κ2) is 10.1. The topological polar surface area (TPSA) is 93.0 Å². The van der Waals surface area contributed by atoms with Crippen LogP contribution in [0.2, 0.25) is 0 Å². The molecule has 2 aliphatic heterocycles. The number of carbonyl (C=O) groups is 2. The number of carbonyl (C=O) groups excluding carboxylic acids is 2. The Morgan fingerprint density at radius 2 is 1.77 bits per heavy atom. The summed E-state index contributed by atoms with van der Waals surface area (Å²) in [5.41, 5.74) is 3.64. The highest BCUT2D eigenvalue weighted by Gasteiger charge is 2.36. The maximum atomic E-state index is 14.3. The molecule has 0 aliphatic carbocycles. The van der Waals surface area contributed by atoms with Gasteiger partial charge in [0.15, 0.2) is 4.80 Å². The molecule has 0 spiro atoms. The van der Waals surface area contributed by atoms with Crippen molar-refractivity contribution < 1.29 is 14.3 Å². The lowest BCUT2D eigenvalue weighted by molar-refractivity contribution is -0.114. The van der Waals surface area contributed by atoms with Gasteiger partial charge in [0.1, 0.15) is 10.3 Å². The van der Waals surface area contributed by atoms with E-state index in [2.05, 4.69) is 5.32 Å². The fourth-order valence-corrected chi connectivity index (χ4v) is 6.46. The van der Waals surface area contributed by atoms with E-state index in [0.717, 1.165) is 11.3 Å². The van der Waals surface area contributed by atoms with Crippen LogP contribution in [-0.2, 0) is 9.59 Å². The first-order valence-corrected chi connectivity index (χ1v) is 13.7. The van der Waals surface area contributed by atoms with Crippen molar-refractivity contribution in [2.24, 2.45) is 4.99 Å². The highest BCUT2D eigenvalue weighted by Crippen LogP contribution is 2.36. The van der Waals surface area contributed by atoms with Crippen LogP contribution in [0.3, 0.4) is 0 Å². The molecule has 2 amide bonds. The second-order valence-electron chi connectivity index (χ2n) is 9.44. The number of ether oxygens (including phenoxy) is 1. The highest BCUT2D eigenvalue weighted by atomic mass is 32.1. The van der Waals surface area contributed by atoms with Crippen LogP contribution >= 0.6 is 11.3 Å². The molecule has 1 atom stereocenters. The Labute approximate surface area is 234 Å². The minimum Gasteiger partial charge on any atom is -0.497 e. The second-order valence-corrected chi connectivity index (χ2v) is 10.4. The highest BCUT2D eigenvalue weighted by molar-refractivity contribution is 7.07. The zero-order chi connectivity index (χ0) is 28.0. The lowest BCUT2D eigenvalue weighted by atomic mass is 9.95. The predicted molar refractivity (Wildman–Crippen MR) is 155 cm³/mol. The number of nitrogens with one attached hydrogen (secondary N) is 1. The molecule has 4 aromatic rings. The molecule has 6 rings (SSSR count). The number of aromatic nitrogens is 1. The van der Waals surface area contributed by atoms with Gasteiger partial charge in [0.25, 0.3) is 17.4 Å². The molecule has 0 bridgehead atoms. The molecule has 0 radical (unpaired) electrons. The number of hydrogen-bond acceptors (Lipinski definition) is 6. The zero-order valence-electron chi connectivity index (χ0n) is 22.2. The van der Waals surface area contributed by atoms with Gasteiger partial charge in [0.05, 0.1) is 35.7 Å². The van der Waals surface area contributed by atoms with Gasteiger partial charge in [-0.15, -0.1) is 0 Å².